The molecule has 2 amide bonds. The Morgan fingerprint density at radius 2 is 2.00 bits per heavy atom. The van der Waals surface area contributed by atoms with Crippen LogP contribution in [0.15, 0.2) is 12.3 Å². The molecule has 0 radical (unpaired) electrons. The van der Waals surface area contributed by atoms with Gasteiger partial charge in [-0.25, -0.2) is 9.78 Å². The zero-order chi connectivity index (χ0) is 24.1. The number of carbonyl (C=O) groups is 1. The molecule has 0 aromatic carbocycles. The number of aryl methyl sites for hydroxylation is 3. The number of aromatic nitrogens is 6. The van der Waals surface area contributed by atoms with Crippen molar-refractivity contribution in [1.29, 1.82) is 0 Å². The third kappa shape index (κ3) is 5.30. The Morgan fingerprint density at radius 3 is 2.76 bits per heavy atom. The van der Waals surface area contributed by atoms with Gasteiger partial charge in [0.1, 0.15) is 17.9 Å². The fourth-order valence-corrected chi connectivity index (χ4v) is 4.58. The molecule has 184 valence electrons. The zero-order valence-corrected chi connectivity index (χ0v) is 20.4. The summed E-state index contributed by atoms with van der Waals surface area (Å²) in [7, 11) is 0. The summed E-state index contributed by atoms with van der Waals surface area (Å²) >= 11 is 0. The van der Waals surface area contributed by atoms with Gasteiger partial charge in [-0.2, -0.15) is 4.52 Å². The van der Waals surface area contributed by atoms with Gasteiger partial charge in [0.25, 0.3) is 0 Å². The summed E-state index contributed by atoms with van der Waals surface area (Å²) in [6.07, 6.45) is 7.58. The standard InChI is InChI=1S/C23H35N9O2/c1-15(2)28-34-14-19-26-20-21(16(3)17(4)32-22(20)27-29-30-32)31(19)13-9-8-12-24-23(33)25-18-10-6-5-7-11-18/h18,28H,1,5-14H2,2-4H3,(H2,24,25,33). The Balaban J connectivity index is 1.43. The quantitative estimate of drug-likeness (QED) is 0.308. The van der Waals surface area contributed by atoms with Crippen LogP contribution in [0, 0.1) is 13.8 Å². The second kappa shape index (κ2) is 10.8. The number of allylic oxidation sites excluding steroid dienone is 1. The topological polar surface area (TPSA) is 123 Å². The highest BCUT2D eigenvalue weighted by Crippen LogP contribution is 2.26. The van der Waals surface area contributed by atoms with E-state index in [0.717, 1.165) is 66.0 Å². The molecule has 0 saturated heterocycles. The normalized spacial score (nSPS) is 14.6. The van der Waals surface area contributed by atoms with E-state index in [0.29, 0.717) is 18.2 Å². The number of unbranched alkanes of at least 4 members (excludes halogenated alkanes) is 1. The summed E-state index contributed by atoms with van der Waals surface area (Å²) in [5.41, 5.74) is 7.97. The van der Waals surface area contributed by atoms with E-state index >= 15 is 0 Å². The van der Waals surface area contributed by atoms with Crippen molar-refractivity contribution in [3.05, 3.63) is 29.4 Å². The van der Waals surface area contributed by atoms with Crippen molar-refractivity contribution in [3.8, 4) is 0 Å². The molecule has 11 nitrogen and oxygen atoms in total. The fraction of sp³-hybridized carbons (Fsp3) is 0.609. The van der Waals surface area contributed by atoms with Gasteiger partial charge < -0.3 is 15.2 Å². The zero-order valence-electron chi connectivity index (χ0n) is 20.4. The van der Waals surface area contributed by atoms with Crippen molar-refractivity contribution < 1.29 is 9.63 Å². The number of carbonyl (C=O) groups excluding carboxylic acids is 1. The Kier molecular flexibility index (Phi) is 7.61. The number of nitrogens with zero attached hydrogens (tertiary/aromatic N) is 6. The number of tetrazole rings is 1. The molecule has 3 aromatic heterocycles. The van der Waals surface area contributed by atoms with Gasteiger partial charge >= 0.3 is 6.03 Å². The summed E-state index contributed by atoms with van der Waals surface area (Å²) in [6.45, 7) is 11.3. The number of urea groups is 1. The van der Waals surface area contributed by atoms with Crippen molar-refractivity contribution in [2.75, 3.05) is 6.54 Å². The van der Waals surface area contributed by atoms with Gasteiger partial charge in [-0.1, -0.05) is 25.8 Å². The van der Waals surface area contributed by atoms with Crippen LogP contribution in [0.5, 0.6) is 0 Å². The molecule has 0 aliphatic heterocycles. The second-order valence-electron chi connectivity index (χ2n) is 9.11. The van der Waals surface area contributed by atoms with Gasteiger partial charge in [-0.05, 0) is 62.4 Å². The smallest absolute Gasteiger partial charge is 0.315 e. The number of rotatable bonds is 10. The van der Waals surface area contributed by atoms with Crippen LogP contribution in [0.4, 0.5) is 4.79 Å². The summed E-state index contributed by atoms with van der Waals surface area (Å²) in [4.78, 5) is 22.6. The van der Waals surface area contributed by atoms with Gasteiger partial charge in [-0.3, -0.25) is 10.3 Å². The van der Waals surface area contributed by atoms with Crippen molar-refractivity contribution in [2.24, 2.45) is 0 Å². The predicted octanol–water partition coefficient (Wildman–Crippen LogP) is 3.06. The maximum Gasteiger partial charge on any atom is 0.315 e. The number of nitrogens with one attached hydrogen (secondary N) is 3. The number of hydroxylamine groups is 1. The molecule has 3 N–H and O–H groups in total. The molecule has 11 heteroatoms. The van der Waals surface area contributed by atoms with Crippen molar-refractivity contribution in [2.45, 2.75) is 84.9 Å². The Hall–Kier alpha value is -3.21. The lowest BCUT2D eigenvalue weighted by Gasteiger charge is -2.22. The van der Waals surface area contributed by atoms with Gasteiger partial charge in [0.15, 0.2) is 0 Å². The average molecular weight is 470 g/mol. The fourth-order valence-electron chi connectivity index (χ4n) is 4.58. The number of fused-ring (bicyclic) bond motifs is 3. The van der Waals surface area contributed by atoms with E-state index in [1.54, 1.807) is 4.52 Å². The largest absolute Gasteiger partial charge is 0.338 e. The molecular weight excluding hydrogens is 434 g/mol. The maximum atomic E-state index is 12.2. The molecule has 1 aliphatic carbocycles. The molecule has 0 spiro atoms. The van der Waals surface area contributed by atoms with Crippen LogP contribution in [-0.2, 0) is 18.0 Å². The predicted molar refractivity (Wildman–Crippen MR) is 129 cm³/mol. The highest BCUT2D eigenvalue weighted by atomic mass is 16.6. The van der Waals surface area contributed by atoms with Gasteiger partial charge in [-0.15, -0.1) is 5.10 Å². The maximum absolute atomic E-state index is 12.2. The minimum Gasteiger partial charge on any atom is -0.338 e. The number of hydrogen-bond acceptors (Lipinski definition) is 7. The van der Waals surface area contributed by atoms with Crippen LogP contribution in [-0.4, -0.2) is 48.2 Å². The summed E-state index contributed by atoms with van der Waals surface area (Å²) in [5, 5.41) is 18.2. The van der Waals surface area contributed by atoms with E-state index < -0.39 is 0 Å². The molecule has 1 saturated carbocycles. The lowest BCUT2D eigenvalue weighted by molar-refractivity contribution is 0.0438. The van der Waals surface area contributed by atoms with E-state index in [-0.39, 0.29) is 12.6 Å². The molecule has 3 aromatic rings. The third-order valence-electron chi connectivity index (χ3n) is 6.43. The molecule has 0 bridgehead atoms. The molecule has 1 fully saturated rings. The van der Waals surface area contributed by atoms with E-state index in [1.807, 2.05) is 13.8 Å². The number of amides is 2. The minimum atomic E-state index is -0.0619. The molecule has 34 heavy (non-hydrogen) atoms. The van der Waals surface area contributed by atoms with Crippen molar-refractivity contribution >= 4 is 22.7 Å². The van der Waals surface area contributed by atoms with Crippen LogP contribution < -0.4 is 16.1 Å². The van der Waals surface area contributed by atoms with Crippen molar-refractivity contribution in [3.63, 3.8) is 0 Å². The van der Waals surface area contributed by atoms with Crippen LogP contribution in [0.25, 0.3) is 16.7 Å². The molecule has 4 rings (SSSR count). The first-order valence-corrected chi connectivity index (χ1v) is 12.1. The van der Waals surface area contributed by atoms with Gasteiger partial charge in [0.05, 0.1) is 5.52 Å². The first-order valence-electron chi connectivity index (χ1n) is 12.1. The first-order chi connectivity index (χ1) is 16.5. The minimum absolute atomic E-state index is 0.0619. The van der Waals surface area contributed by atoms with E-state index in [1.165, 1.54) is 19.3 Å². The number of imidazole rings is 1. The Morgan fingerprint density at radius 1 is 1.21 bits per heavy atom. The molecule has 0 unspecified atom stereocenters. The SMILES string of the molecule is C=C(C)NOCc1nc2c(c(C)c(C)n3nnnc23)n1CCCCNC(=O)NC1CCCCC1. The molecule has 3 heterocycles. The lowest BCUT2D eigenvalue weighted by atomic mass is 9.96. The van der Waals surface area contributed by atoms with Gasteiger partial charge in [0, 0.05) is 30.5 Å². The third-order valence-corrected chi connectivity index (χ3v) is 6.43. The highest BCUT2D eigenvalue weighted by molar-refractivity contribution is 5.91. The van der Waals surface area contributed by atoms with Crippen LogP contribution in [0.1, 0.15) is 69.0 Å². The number of pyridine rings is 1. The molecular formula is C23H35N9O2. The van der Waals surface area contributed by atoms with Crippen LogP contribution in [0.3, 0.4) is 0 Å². The van der Waals surface area contributed by atoms with E-state index in [4.69, 9.17) is 9.82 Å². The molecule has 0 atom stereocenters. The van der Waals surface area contributed by atoms with Crippen LogP contribution in [0.2, 0.25) is 0 Å². The van der Waals surface area contributed by atoms with Crippen molar-refractivity contribution in [1.82, 2.24) is 45.7 Å². The monoisotopic (exact) mass is 469 g/mol. The lowest BCUT2D eigenvalue weighted by Crippen LogP contribution is -2.43. The van der Waals surface area contributed by atoms with E-state index in [2.05, 4.69) is 49.7 Å². The second-order valence-corrected chi connectivity index (χ2v) is 9.11. The Bertz CT molecular complexity index is 1160. The van der Waals surface area contributed by atoms with Crippen LogP contribution >= 0.6 is 0 Å². The molecule has 1 aliphatic rings. The summed E-state index contributed by atoms with van der Waals surface area (Å²) < 4.78 is 3.90. The summed E-state index contributed by atoms with van der Waals surface area (Å²) in [5.74, 6) is 0.783. The summed E-state index contributed by atoms with van der Waals surface area (Å²) in [6, 6.07) is 0.254. The Labute approximate surface area is 199 Å². The average Bonchev–Trinajstić information content (AvgIpc) is 3.43. The first kappa shape index (κ1) is 23.9. The van der Waals surface area contributed by atoms with E-state index in [9.17, 15) is 4.79 Å². The highest BCUT2D eigenvalue weighted by Gasteiger charge is 2.20. The number of hydrogen-bond donors (Lipinski definition) is 3. The van der Waals surface area contributed by atoms with Gasteiger partial charge in [0.2, 0.25) is 5.65 Å².